The van der Waals surface area contributed by atoms with Gasteiger partial charge in [-0.05, 0) is 35.4 Å². The third kappa shape index (κ3) is 2.60. The van der Waals surface area contributed by atoms with Gasteiger partial charge in [0.1, 0.15) is 18.7 Å². The summed E-state index contributed by atoms with van der Waals surface area (Å²) < 4.78 is 1.78. The van der Waals surface area contributed by atoms with Gasteiger partial charge in [-0.3, -0.25) is 0 Å². The molecular weight excluding hydrogens is 262 g/mol. The molecule has 5 heteroatoms. The summed E-state index contributed by atoms with van der Waals surface area (Å²) >= 11 is 0. The minimum absolute atomic E-state index is 0.0964. The Morgan fingerprint density at radius 3 is 2.14 bits per heavy atom. The van der Waals surface area contributed by atoms with Gasteiger partial charge < -0.3 is 5.73 Å². The molecule has 5 nitrogen and oxygen atoms in total. The molecular formula is C16H13N5. The van der Waals surface area contributed by atoms with Crippen LogP contribution in [0.2, 0.25) is 0 Å². The number of nitrogen functional groups attached to an aromatic ring is 1. The number of benzene rings is 2. The highest BCUT2D eigenvalue weighted by molar-refractivity contribution is 5.43. The molecule has 0 aliphatic heterocycles. The number of rotatable bonds is 3. The second-order valence-corrected chi connectivity index (χ2v) is 4.68. The fourth-order valence-electron chi connectivity index (χ4n) is 2.27. The highest BCUT2D eigenvalue weighted by Gasteiger charge is 2.16. The lowest BCUT2D eigenvalue weighted by Crippen LogP contribution is -2.13. The number of hydrogen-bond acceptors (Lipinski definition) is 4. The third-order valence-corrected chi connectivity index (χ3v) is 3.31. The molecule has 3 aromatic rings. The van der Waals surface area contributed by atoms with E-state index in [-0.39, 0.29) is 6.04 Å². The van der Waals surface area contributed by atoms with Gasteiger partial charge in [0.2, 0.25) is 0 Å². The van der Waals surface area contributed by atoms with E-state index in [1.807, 2.05) is 36.4 Å². The van der Waals surface area contributed by atoms with Gasteiger partial charge in [0, 0.05) is 5.69 Å². The first kappa shape index (κ1) is 12.9. The predicted molar refractivity (Wildman–Crippen MR) is 79.3 cm³/mol. The van der Waals surface area contributed by atoms with E-state index in [4.69, 9.17) is 11.0 Å². The molecule has 21 heavy (non-hydrogen) atoms. The Morgan fingerprint density at radius 2 is 1.62 bits per heavy atom. The van der Waals surface area contributed by atoms with Crippen molar-refractivity contribution < 1.29 is 0 Å². The first-order chi connectivity index (χ1) is 10.3. The number of anilines is 1. The lowest BCUT2D eigenvalue weighted by molar-refractivity contribution is 0.594. The van der Waals surface area contributed by atoms with E-state index in [9.17, 15) is 0 Å². The van der Waals surface area contributed by atoms with Crippen molar-refractivity contribution in [1.29, 1.82) is 5.26 Å². The van der Waals surface area contributed by atoms with Crippen LogP contribution in [0.25, 0.3) is 0 Å². The van der Waals surface area contributed by atoms with Crippen LogP contribution in [0.1, 0.15) is 22.7 Å². The SMILES string of the molecule is N#Cc1ccc(C(c2ccc(N)cc2)n2cncn2)cc1. The Bertz CT molecular complexity index is 752. The molecule has 1 heterocycles. The molecule has 2 aromatic carbocycles. The van der Waals surface area contributed by atoms with Crippen LogP contribution in [0.5, 0.6) is 0 Å². The quantitative estimate of drug-likeness (QED) is 0.744. The van der Waals surface area contributed by atoms with Gasteiger partial charge in [-0.25, -0.2) is 9.67 Å². The number of aromatic nitrogens is 3. The summed E-state index contributed by atoms with van der Waals surface area (Å²) in [6.45, 7) is 0. The Balaban J connectivity index is 2.08. The smallest absolute Gasteiger partial charge is 0.137 e. The molecule has 0 bridgehead atoms. The Hall–Kier alpha value is -3.13. The van der Waals surface area contributed by atoms with Crippen LogP contribution in [0.3, 0.4) is 0 Å². The fourth-order valence-corrected chi connectivity index (χ4v) is 2.27. The lowest BCUT2D eigenvalue weighted by atomic mass is 9.98. The van der Waals surface area contributed by atoms with E-state index in [1.165, 1.54) is 6.33 Å². The number of hydrogen-bond donors (Lipinski definition) is 1. The van der Waals surface area contributed by atoms with Crippen LogP contribution in [-0.4, -0.2) is 14.8 Å². The van der Waals surface area contributed by atoms with E-state index in [2.05, 4.69) is 16.2 Å². The van der Waals surface area contributed by atoms with Crippen molar-refractivity contribution in [2.24, 2.45) is 0 Å². The molecule has 0 amide bonds. The summed E-state index contributed by atoms with van der Waals surface area (Å²) in [7, 11) is 0. The van der Waals surface area contributed by atoms with Crippen molar-refractivity contribution in [3.05, 3.63) is 77.9 Å². The van der Waals surface area contributed by atoms with Crippen molar-refractivity contribution in [2.45, 2.75) is 6.04 Å². The molecule has 0 saturated heterocycles. The maximum absolute atomic E-state index is 8.91. The van der Waals surface area contributed by atoms with Crippen molar-refractivity contribution in [3.63, 3.8) is 0 Å². The molecule has 0 aliphatic rings. The van der Waals surface area contributed by atoms with Gasteiger partial charge in [0.25, 0.3) is 0 Å². The third-order valence-electron chi connectivity index (χ3n) is 3.31. The number of nitrogens with zero attached hydrogens (tertiary/aromatic N) is 4. The summed E-state index contributed by atoms with van der Waals surface area (Å²) in [5.74, 6) is 0. The molecule has 0 aliphatic carbocycles. The highest BCUT2D eigenvalue weighted by atomic mass is 15.3. The van der Waals surface area contributed by atoms with Gasteiger partial charge in [-0.15, -0.1) is 0 Å². The Morgan fingerprint density at radius 1 is 1.00 bits per heavy atom. The average molecular weight is 275 g/mol. The first-order valence-electron chi connectivity index (χ1n) is 6.47. The monoisotopic (exact) mass is 275 g/mol. The summed E-state index contributed by atoms with van der Waals surface area (Å²) in [6.07, 6.45) is 3.19. The average Bonchev–Trinajstić information content (AvgIpc) is 3.04. The molecule has 2 N–H and O–H groups in total. The molecule has 0 saturated carbocycles. The van der Waals surface area contributed by atoms with Gasteiger partial charge in [0.05, 0.1) is 11.6 Å². The van der Waals surface area contributed by atoms with E-state index < -0.39 is 0 Å². The van der Waals surface area contributed by atoms with Gasteiger partial charge in [-0.2, -0.15) is 10.4 Å². The molecule has 0 radical (unpaired) electrons. The van der Waals surface area contributed by atoms with Crippen molar-refractivity contribution in [1.82, 2.24) is 14.8 Å². The molecule has 1 aromatic heterocycles. The number of nitriles is 1. The second kappa shape index (κ2) is 5.47. The minimum Gasteiger partial charge on any atom is -0.399 e. The van der Waals surface area contributed by atoms with Crippen LogP contribution in [0.4, 0.5) is 5.69 Å². The molecule has 1 unspecified atom stereocenters. The van der Waals surface area contributed by atoms with Gasteiger partial charge in [0.15, 0.2) is 0 Å². The van der Waals surface area contributed by atoms with Crippen LogP contribution in [-0.2, 0) is 0 Å². The van der Waals surface area contributed by atoms with Crippen molar-refractivity contribution in [2.75, 3.05) is 5.73 Å². The summed E-state index contributed by atoms with van der Waals surface area (Å²) in [5, 5.41) is 13.2. The normalized spacial score (nSPS) is 11.8. The lowest BCUT2D eigenvalue weighted by Gasteiger charge is -2.18. The maximum Gasteiger partial charge on any atom is 0.137 e. The standard InChI is InChI=1S/C16H13N5/c17-9-12-1-3-13(4-2-12)16(21-11-19-10-20-21)14-5-7-15(18)8-6-14/h1-8,10-11,16H,18H2. The second-order valence-electron chi connectivity index (χ2n) is 4.68. The zero-order chi connectivity index (χ0) is 14.7. The largest absolute Gasteiger partial charge is 0.399 e. The van der Waals surface area contributed by atoms with E-state index in [1.54, 1.807) is 23.1 Å². The summed E-state index contributed by atoms with van der Waals surface area (Å²) in [5.41, 5.74) is 9.19. The van der Waals surface area contributed by atoms with Gasteiger partial charge >= 0.3 is 0 Å². The van der Waals surface area contributed by atoms with Crippen LogP contribution < -0.4 is 5.73 Å². The first-order valence-corrected chi connectivity index (χ1v) is 6.47. The molecule has 0 spiro atoms. The zero-order valence-corrected chi connectivity index (χ0v) is 11.2. The van der Waals surface area contributed by atoms with E-state index >= 15 is 0 Å². The van der Waals surface area contributed by atoms with E-state index in [0.717, 1.165) is 16.8 Å². The van der Waals surface area contributed by atoms with Crippen LogP contribution in [0.15, 0.2) is 61.2 Å². The Labute approximate surface area is 122 Å². The maximum atomic E-state index is 8.91. The van der Waals surface area contributed by atoms with Gasteiger partial charge in [-0.1, -0.05) is 24.3 Å². The molecule has 1 atom stereocenters. The topological polar surface area (TPSA) is 80.5 Å². The fraction of sp³-hybridized carbons (Fsp3) is 0.0625. The van der Waals surface area contributed by atoms with E-state index in [0.29, 0.717) is 5.56 Å². The molecule has 102 valence electrons. The molecule has 3 rings (SSSR count). The Kier molecular flexibility index (Phi) is 3.36. The summed E-state index contributed by atoms with van der Waals surface area (Å²) in [4.78, 5) is 4.02. The summed E-state index contributed by atoms with van der Waals surface area (Å²) in [6, 6.07) is 17.2. The number of nitrogens with two attached hydrogens (primary N) is 1. The van der Waals surface area contributed by atoms with Crippen LogP contribution >= 0.6 is 0 Å². The zero-order valence-electron chi connectivity index (χ0n) is 11.2. The molecule has 0 fully saturated rings. The predicted octanol–water partition coefficient (Wildman–Crippen LogP) is 2.37. The minimum atomic E-state index is -0.0964. The van der Waals surface area contributed by atoms with Crippen LogP contribution in [0, 0.1) is 11.3 Å². The van der Waals surface area contributed by atoms with Crippen molar-refractivity contribution >= 4 is 5.69 Å². The highest BCUT2D eigenvalue weighted by Crippen LogP contribution is 2.26. The van der Waals surface area contributed by atoms with Crippen molar-refractivity contribution in [3.8, 4) is 6.07 Å².